The summed E-state index contributed by atoms with van der Waals surface area (Å²) in [6.07, 6.45) is 3.90. The summed E-state index contributed by atoms with van der Waals surface area (Å²) in [5.74, 6) is 0. The standard InChI is InChI=1S/C13H17N3O2S/c14-10-11-5-6-13(12(15)9-11)19(17,18)16-7-3-1-2-4-8-16/h5-6,9H,1-4,7-8,15H2. The summed E-state index contributed by atoms with van der Waals surface area (Å²) in [4.78, 5) is 0.105. The van der Waals surface area contributed by atoms with E-state index in [2.05, 4.69) is 0 Å². The maximum atomic E-state index is 12.5. The summed E-state index contributed by atoms with van der Waals surface area (Å²) in [5, 5.41) is 8.78. The van der Waals surface area contributed by atoms with E-state index >= 15 is 0 Å². The summed E-state index contributed by atoms with van der Waals surface area (Å²) < 4.78 is 26.5. The zero-order valence-corrected chi connectivity index (χ0v) is 11.5. The maximum Gasteiger partial charge on any atom is 0.245 e. The fraction of sp³-hybridized carbons (Fsp3) is 0.462. The molecule has 1 heterocycles. The maximum absolute atomic E-state index is 12.5. The molecule has 1 aromatic rings. The number of rotatable bonds is 2. The number of hydrogen-bond donors (Lipinski definition) is 1. The number of nitrogens with zero attached hydrogens (tertiary/aromatic N) is 2. The molecule has 2 rings (SSSR count). The third-order valence-electron chi connectivity index (χ3n) is 3.32. The van der Waals surface area contributed by atoms with E-state index < -0.39 is 10.0 Å². The number of benzene rings is 1. The minimum Gasteiger partial charge on any atom is -0.398 e. The highest BCUT2D eigenvalue weighted by Gasteiger charge is 2.26. The summed E-state index contributed by atoms with van der Waals surface area (Å²) >= 11 is 0. The predicted molar refractivity (Wildman–Crippen MR) is 72.8 cm³/mol. The zero-order valence-electron chi connectivity index (χ0n) is 10.7. The van der Waals surface area contributed by atoms with Gasteiger partial charge in [-0.25, -0.2) is 8.42 Å². The van der Waals surface area contributed by atoms with Crippen LogP contribution in [-0.4, -0.2) is 25.8 Å². The van der Waals surface area contributed by atoms with E-state index in [0.717, 1.165) is 25.7 Å². The van der Waals surface area contributed by atoms with Crippen molar-refractivity contribution in [2.45, 2.75) is 30.6 Å². The average molecular weight is 279 g/mol. The van der Waals surface area contributed by atoms with Gasteiger partial charge in [-0.3, -0.25) is 0 Å². The predicted octanol–water partition coefficient (Wildman–Crippen LogP) is 1.71. The number of anilines is 1. The second kappa shape index (κ2) is 5.59. The van der Waals surface area contributed by atoms with Crippen LogP contribution in [0.15, 0.2) is 23.1 Å². The van der Waals surface area contributed by atoms with Gasteiger partial charge in [0.1, 0.15) is 4.90 Å². The minimum absolute atomic E-state index is 0.105. The number of nitrogen functional groups attached to an aromatic ring is 1. The van der Waals surface area contributed by atoms with Crippen molar-refractivity contribution < 1.29 is 8.42 Å². The monoisotopic (exact) mass is 279 g/mol. The van der Waals surface area contributed by atoms with Gasteiger partial charge in [0.05, 0.1) is 17.3 Å². The lowest BCUT2D eigenvalue weighted by Crippen LogP contribution is -2.32. The second-order valence-corrected chi connectivity index (χ2v) is 6.59. The Kier molecular flexibility index (Phi) is 4.08. The average Bonchev–Trinajstić information content (AvgIpc) is 2.67. The Morgan fingerprint density at radius 3 is 2.32 bits per heavy atom. The van der Waals surface area contributed by atoms with Crippen LogP contribution in [0, 0.1) is 11.3 Å². The van der Waals surface area contributed by atoms with Crippen LogP contribution in [-0.2, 0) is 10.0 Å². The van der Waals surface area contributed by atoms with Crippen molar-refractivity contribution in [1.29, 1.82) is 5.26 Å². The third-order valence-corrected chi connectivity index (χ3v) is 5.29. The van der Waals surface area contributed by atoms with Crippen molar-refractivity contribution in [1.82, 2.24) is 4.31 Å². The molecule has 1 aliphatic heterocycles. The zero-order chi connectivity index (χ0) is 13.9. The molecular weight excluding hydrogens is 262 g/mol. The molecule has 1 aromatic carbocycles. The molecule has 6 heteroatoms. The Morgan fingerprint density at radius 1 is 1.16 bits per heavy atom. The van der Waals surface area contributed by atoms with Crippen molar-refractivity contribution in [3.63, 3.8) is 0 Å². The molecule has 0 aliphatic carbocycles. The van der Waals surface area contributed by atoms with Crippen LogP contribution in [0.5, 0.6) is 0 Å². The molecule has 1 aliphatic rings. The van der Waals surface area contributed by atoms with Gasteiger partial charge in [-0.1, -0.05) is 12.8 Å². The molecule has 0 aromatic heterocycles. The van der Waals surface area contributed by atoms with E-state index in [9.17, 15) is 8.42 Å². The molecule has 0 spiro atoms. The normalized spacial score (nSPS) is 17.6. The lowest BCUT2D eigenvalue weighted by Gasteiger charge is -2.20. The Labute approximate surface area is 113 Å². The highest BCUT2D eigenvalue weighted by molar-refractivity contribution is 7.89. The van der Waals surface area contributed by atoms with E-state index in [1.807, 2.05) is 6.07 Å². The Hall–Kier alpha value is -1.58. The highest BCUT2D eigenvalue weighted by Crippen LogP contribution is 2.25. The van der Waals surface area contributed by atoms with Crippen LogP contribution in [0.3, 0.4) is 0 Å². The lowest BCUT2D eigenvalue weighted by molar-refractivity contribution is 0.424. The van der Waals surface area contributed by atoms with Crippen molar-refractivity contribution in [2.24, 2.45) is 0 Å². The van der Waals surface area contributed by atoms with E-state index in [-0.39, 0.29) is 10.6 Å². The molecule has 1 saturated heterocycles. The number of nitrogens with two attached hydrogens (primary N) is 1. The molecular formula is C13H17N3O2S. The molecule has 0 atom stereocenters. The van der Waals surface area contributed by atoms with E-state index in [4.69, 9.17) is 11.0 Å². The molecule has 2 N–H and O–H groups in total. The van der Waals surface area contributed by atoms with Crippen molar-refractivity contribution in [3.05, 3.63) is 23.8 Å². The quantitative estimate of drug-likeness (QED) is 0.835. The van der Waals surface area contributed by atoms with Gasteiger partial charge in [-0.05, 0) is 31.0 Å². The highest BCUT2D eigenvalue weighted by atomic mass is 32.2. The number of sulfonamides is 1. The van der Waals surface area contributed by atoms with E-state index in [1.165, 1.54) is 22.5 Å². The first-order valence-corrected chi connectivity index (χ1v) is 7.79. The summed E-state index contributed by atoms with van der Waals surface area (Å²) in [5.41, 5.74) is 6.28. The molecule has 19 heavy (non-hydrogen) atoms. The summed E-state index contributed by atoms with van der Waals surface area (Å²) in [7, 11) is -3.54. The number of nitriles is 1. The van der Waals surface area contributed by atoms with Crippen molar-refractivity contribution >= 4 is 15.7 Å². The first-order chi connectivity index (χ1) is 9.05. The first kappa shape index (κ1) is 13.8. The van der Waals surface area contributed by atoms with Gasteiger partial charge in [0.15, 0.2) is 0 Å². The van der Waals surface area contributed by atoms with Crippen molar-refractivity contribution in [3.8, 4) is 6.07 Å². The SMILES string of the molecule is N#Cc1ccc(S(=O)(=O)N2CCCCCC2)c(N)c1. The van der Waals surface area contributed by atoms with E-state index in [0.29, 0.717) is 18.7 Å². The van der Waals surface area contributed by atoms with Gasteiger partial charge in [0.2, 0.25) is 10.0 Å². The van der Waals surface area contributed by atoms with Crippen LogP contribution in [0.25, 0.3) is 0 Å². The van der Waals surface area contributed by atoms with Crippen LogP contribution >= 0.6 is 0 Å². The van der Waals surface area contributed by atoms with Gasteiger partial charge in [0, 0.05) is 13.1 Å². The molecule has 0 unspecified atom stereocenters. The Morgan fingerprint density at radius 2 is 1.79 bits per heavy atom. The van der Waals surface area contributed by atoms with E-state index in [1.54, 1.807) is 0 Å². The Balaban J connectivity index is 2.36. The molecule has 102 valence electrons. The molecule has 0 bridgehead atoms. The van der Waals surface area contributed by atoms with Crippen LogP contribution in [0.2, 0.25) is 0 Å². The smallest absolute Gasteiger partial charge is 0.245 e. The fourth-order valence-corrected chi connectivity index (χ4v) is 3.89. The van der Waals surface area contributed by atoms with Gasteiger partial charge >= 0.3 is 0 Å². The minimum atomic E-state index is -3.54. The van der Waals surface area contributed by atoms with Crippen LogP contribution in [0.4, 0.5) is 5.69 Å². The molecule has 1 fully saturated rings. The second-order valence-electron chi connectivity index (χ2n) is 4.68. The van der Waals surface area contributed by atoms with Gasteiger partial charge in [0.25, 0.3) is 0 Å². The topological polar surface area (TPSA) is 87.2 Å². The third kappa shape index (κ3) is 2.88. The number of hydrogen-bond acceptors (Lipinski definition) is 4. The van der Waals surface area contributed by atoms with Gasteiger partial charge < -0.3 is 5.73 Å². The molecule has 0 saturated carbocycles. The summed E-state index contributed by atoms with van der Waals surface area (Å²) in [6, 6.07) is 6.27. The van der Waals surface area contributed by atoms with Crippen molar-refractivity contribution in [2.75, 3.05) is 18.8 Å². The molecule has 5 nitrogen and oxygen atoms in total. The lowest BCUT2D eigenvalue weighted by atomic mass is 10.2. The van der Waals surface area contributed by atoms with Crippen LogP contribution in [0.1, 0.15) is 31.2 Å². The van der Waals surface area contributed by atoms with Crippen LogP contribution < -0.4 is 5.73 Å². The first-order valence-electron chi connectivity index (χ1n) is 6.35. The largest absolute Gasteiger partial charge is 0.398 e. The van der Waals surface area contributed by atoms with Gasteiger partial charge in [-0.15, -0.1) is 0 Å². The fourth-order valence-electron chi connectivity index (χ4n) is 2.27. The molecule has 0 radical (unpaired) electrons. The van der Waals surface area contributed by atoms with Gasteiger partial charge in [-0.2, -0.15) is 9.57 Å². The Bertz CT molecular complexity index is 597. The summed E-state index contributed by atoms with van der Waals surface area (Å²) in [6.45, 7) is 1.09. The molecule has 0 amide bonds.